The van der Waals surface area contributed by atoms with Crippen LogP contribution in [0.2, 0.25) is 0 Å². The number of rotatable bonds is 3. The molecule has 0 aromatic heterocycles. The molecule has 0 heterocycles. The highest BCUT2D eigenvalue weighted by molar-refractivity contribution is 5.79. The van der Waals surface area contributed by atoms with Crippen LogP contribution in [-0.2, 0) is 4.74 Å². The fourth-order valence-electron chi connectivity index (χ4n) is 3.58. The third-order valence-corrected chi connectivity index (χ3v) is 4.91. The highest BCUT2D eigenvalue weighted by Crippen LogP contribution is 2.44. The Hall–Kier alpha value is -3.85. The minimum Gasteiger partial charge on any atom is -0.508 e. The van der Waals surface area contributed by atoms with E-state index in [-0.39, 0.29) is 19.1 Å². The van der Waals surface area contributed by atoms with Crippen molar-refractivity contribution in [2.45, 2.75) is 5.92 Å². The summed E-state index contributed by atoms with van der Waals surface area (Å²) in [5, 5.41) is 11.6. The van der Waals surface area contributed by atoms with Gasteiger partial charge in [-0.15, -0.1) is 0 Å². The van der Waals surface area contributed by atoms with Gasteiger partial charge in [-0.25, -0.2) is 13.6 Å². The van der Waals surface area contributed by atoms with E-state index in [0.29, 0.717) is 0 Å². The summed E-state index contributed by atoms with van der Waals surface area (Å²) in [7, 11) is 0. The number of fused-ring (bicyclic) bond motifs is 3. The first-order chi connectivity index (χ1) is 14.5. The monoisotopic (exact) mass is 405 g/mol. The van der Waals surface area contributed by atoms with E-state index in [1.54, 1.807) is 0 Å². The van der Waals surface area contributed by atoms with Gasteiger partial charge in [-0.3, -0.25) is 0 Å². The number of amides is 1. The Kier molecular flexibility index (Phi) is 5.36. The fourth-order valence-corrected chi connectivity index (χ4v) is 3.58. The normalized spacial score (nSPS) is 11.8. The van der Waals surface area contributed by atoms with Crippen LogP contribution in [0.3, 0.4) is 0 Å². The standard InChI is InChI=1S/C24H17F2NO3/c25-22-12-15(28)13-23(26)20(22)10-5-11-27-24(29)30-14-21-18-8-3-1-6-16(18)17-7-2-4-9-19(17)21/h1-4,6-9,12-13,21,28H,11,14H2,(H,27,29). The maximum Gasteiger partial charge on any atom is 0.407 e. The lowest BCUT2D eigenvalue weighted by Gasteiger charge is -2.14. The molecule has 4 nitrogen and oxygen atoms in total. The molecule has 30 heavy (non-hydrogen) atoms. The molecule has 0 radical (unpaired) electrons. The molecule has 0 saturated carbocycles. The van der Waals surface area contributed by atoms with E-state index in [2.05, 4.69) is 17.2 Å². The van der Waals surface area contributed by atoms with Gasteiger partial charge in [-0.1, -0.05) is 60.4 Å². The molecule has 150 valence electrons. The van der Waals surface area contributed by atoms with Crippen LogP contribution < -0.4 is 5.32 Å². The van der Waals surface area contributed by atoms with Gasteiger partial charge in [0.05, 0.1) is 12.1 Å². The molecule has 0 aliphatic heterocycles. The van der Waals surface area contributed by atoms with Crippen molar-refractivity contribution in [1.82, 2.24) is 5.32 Å². The molecule has 3 aromatic rings. The number of phenols is 1. The van der Waals surface area contributed by atoms with Crippen molar-refractivity contribution in [2.75, 3.05) is 13.2 Å². The van der Waals surface area contributed by atoms with E-state index in [9.17, 15) is 13.6 Å². The number of carbonyl (C=O) groups excluding carboxylic acids is 1. The summed E-state index contributed by atoms with van der Waals surface area (Å²) < 4.78 is 32.6. The number of hydrogen-bond acceptors (Lipinski definition) is 3. The number of nitrogens with one attached hydrogen (secondary N) is 1. The van der Waals surface area contributed by atoms with Gasteiger partial charge in [0.25, 0.3) is 0 Å². The van der Waals surface area contributed by atoms with Gasteiger partial charge < -0.3 is 15.2 Å². The van der Waals surface area contributed by atoms with Crippen LogP contribution in [0.5, 0.6) is 5.75 Å². The van der Waals surface area contributed by atoms with Crippen LogP contribution in [0.25, 0.3) is 11.1 Å². The van der Waals surface area contributed by atoms with Crippen molar-refractivity contribution in [1.29, 1.82) is 0 Å². The number of carbonyl (C=O) groups is 1. The molecule has 1 amide bonds. The predicted octanol–water partition coefficient (Wildman–Crippen LogP) is 4.56. The minimum atomic E-state index is -0.971. The first kappa shape index (κ1) is 19.5. The van der Waals surface area contributed by atoms with Gasteiger partial charge in [0.1, 0.15) is 24.0 Å². The van der Waals surface area contributed by atoms with Gasteiger partial charge >= 0.3 is 6.09 Å². The van der Waals surface area contributed by atoms with Gasteiger partial charge in [0.15, 0.2) is 0 Å². The molecule has 4 rings (SSSR count). The van der Waals surface area contributed by atoms with E-state index < -0.39 is 29.0 Å². The summed E-state index contributed by atoms with van der Waals surface area (Å²) >= 11 is 0. The van der Waals surface area contributed by atoms with Crippen LogP contribution in [0.15, 0.2) is 60.7 Å². The van der Waals surface area contributed by atoms with Gasteiger partial charge in [0.2, 0.25) is 0 Å². The lowest BCUT2D eigenvalue weighted by Crippen LogP contribution is -2.26. The summed E-state index contributed by atoms with van der Waals surface area (Å²) in [6.45, 7) is 0.0188. The first-order valence-corrected chi connectivity index (χ1v) is 9.30. The number of phenolic OH excluding ortho intramolecular Hbond substituents is 1. The summed E-state index contributed by atoms with van der Waals surface area (Å²) in [6.07, 6.45) is -0.669. The summed E-state index contributed by atoms with van der Waals surface area (Å²) in [5.41, 5.74) is 3.99. The Labute approximate surface area is 172 Å². The van der Waals surface area contributed by atoms with Gasteiger partial charge in [-0.2, -0.15) is 0 Å². The molecule has 1 aliphatic rings. The molecule has 0 bridgehead atoms. The second-order valence-corrected chi connectivity index (χ2v) is 6.77. The van der Waals surface area contributed by atoms with E-state index >= 15 is 0 Å². The molecule has 6 heteroatoms. The molecule has 1 aliphatic carbocycles. The predicted molar refractivity (Wildman–Crippen MR) is 108 cm³/mol. The zero-order chi connectivity index (χ0) is 21.1. The highest BCUT2D eigenvalue weighted by Gasteiger charge is 2.28. The van der Waals surface area contributed by atoms with E-state index in [4.69, 9.17) is 9.84 Å². The van der Waals surface area contributed by atoms with Crippen molar-refractivity contribution < 1.29 is 23.4 Å². The third-order valence-electron chi connectivity index (χ3n) is 4.91. The largest absolute Gasteiger partial charge is 0.508 e. The van der Waals surface area contributed by atoms with Crippen molar-refractivity contribution in [3.8, 4) is 28.7 Å². The SMILES string of the molecule is O=C(NCC#Cc1c(F)cc(O)cc1F)OCC1c2ccccc2-c2ccccc21. The third kappa shape index (κ3) is 3.83. The van der Waals surface area contributed by atoms with Crippen molar-refractivity contribution >= 4 is 6.09 Å². The highest BCUT2D eigenvalue weighted by atomic mass is 19.1. The Bertz CT molecular complexity index is 1110. The molecule has 2 N–H and O–H groups in total. The fraction of sp³-hybridized carbons (Fsp3) is 0.125. The molecule has 0 spiro atoms. The van der Waals surface area contributed by atoms with Gasteiger partial charge in [-0.05, 0) is 22.3 Å². The van der Waals surface area contributed by atoms with E-state index in [0.717, 1.165) is 34.4 Å². The van der Waals surface area contributed by atoms with Crippen LogP contribution in [0.4, 0.5) is 13.6 Å². The zero-order valence-electron chi connectivity index (χ0n) is 15.8. The molecular formula is C24H17F2NO3. The van der Waals surface area contributed by atoms with Crippen LogP contribution in [-0.4, -0.2) is 24.4 Å². The van der Waals surface area contributed by atoms with E-state index in [1.807, 2.05) is 48.5 Å². The number of halogens is 2. The maximum absolute atomic E-state index is 13.6. The average molecular weight is 405 g/mol. The van der Waals surface area contributed by atoms with Crippen molar-refractivity contribution in [3.63, 3.8) is 0 Å². The summed E-state index contributed by atoms with van der Waals surface area (Å²) in [4.78, 5) is 12.0. The minimum absolute atomic E-state index is 0.0607. The van der Waals surface area contributed by atoms with Crippen LogP contribution >= 0.6 is 0 Å². The first-order valence-electron chi connectivity index (χ1n) is 9.30. The number of aromatic hydroxyl groups is 1. The lowest BCUT2D eigenvalue weighted by atomic mass is 9.98. The summed E-state index contributed by atoms with van der Waals surface area (Å²) in [6, 6.07) is 17.5. The smallest absolute Gasteiger partial charge is 0.407 e. The lowest BCUT2D eigenvalue weighted by molar-refractivity contribution is 0.144. The molecule has 0 saturated heterocycles. The van der Waals surface area contributed by atoms with Crippen LogP contribution in [0, 0.1) is 23.5 Å². The maximum atomic E-state index is 13.6. The number of ether oxygens (including phenoxy) is 1. The summed E-state index contributed by atoms with van der Waals surface area (Å²) in [5.74, 6) is 2.25. The number of alkyl carbamates (subject to hydrolysis) is 1. The molecule has 0 unspecified atom stereocenters. The Morgan fingerprint density at radius 2 is 1.57 bits per heavy atom. The van der Waals surface area contributed by atoms with E-state index in [1.165, 1.54) is 0 Å². The topological polar surface area (TPSA) is 58.6 Å². The second kappa shape index (κ2) is 8.26. The average Bonchev–Trinajstić information content (AvgIpc) is 3.05. The Balaban J connectivity index is 1.37. The second-order valence-electron chi connectivity index (χ2n) is 6.77. The molecule has 0 atom stereocenters. The molecular weight excluding hydrogens is 388 g/mol. The quantitative estimate of drug-likeness (QED) is 0.628. The number of benzene rings is 3. The van der Waals surface area contributed by atoms with Crippen LogP contribution in [0.1, 0.15) is 22.6 Å². The number of hydrogen-bond donors (Lipinski definition) is 2. The van der Waals surface area contributed by atoms with Crippen molar-refractivity contribution in [2.24, 2.45) is 0 Å². The molecule has 3 aromatic carbocycles. The van der Waals surface area contributed by atoms with Gasteiger partial charge in [0, 0.05) is 18.1 Å². The Morgan fingerprint density at radius 1 is 1.00 bits per heavy atom. The zero-order valence-corrected chi connectivity index (χ0v) is 15.8. The Morgan fingerprint density at radius 3 is 2.17 bits per heavy atom. The van der Waals surface area contributed by atoms with Crippen molar-refractivity contribution in [3.05, 3.63) is 89.0 Å². The molecule has 0 fully saturated rings.